The second-order valence-electron chi connectivity index (χ2n) is 8.66. The second-order valence-corrected chi connectivity index (χ2v) is 9.07. The number of anilines is 5. The number of amides is 1. The van der Waals surface area contributed by atoms with E-state index in [0.717, 1.165) is 22.0 Å². The Bertz CT molecular complexity index is 1450. The van der Waals surface area contributed by atoms with Crippen molar-refractivity contribution in [3.8, 4) is 5.75 Å². The van der Waals surface area contributed by atoms with E-state index < -0.39 is 0 Å². The molecular formula is C28H29ClN6O2. The molecule has 0 radical (unpaired) electrons. The maximum absolute atomic E-state index is 12.3. The van der Waals surface area contributed by atoms with Gasteiger partial charge in [-0.15, -0.1) is 0 Å². The molecule has 0 aliphatic heterocycles. The van der Waals surface area contributed by atoms with E-state index in [-0.39, 0.29) is 5.91 Å². The molecule has 4 rings (SSSR count). The largest absolute Gasteiger partial charge is 0.495 e. The number of ether oxygens (including phenoxy) is 1. The van der Waals surface area contributed by atoms with Crippen LogP contribution < -0.4 is 20.7 Å². The lowest BCUT2D eigenvalue weighted by molar-refractivity contribution is -0.111. The first-order valence-corrected chi connectivity index (χ1v) is 12.1. The van der Waals surface area contributed by atoms with Gasteiger partial charge in [0, 0.05) is 35.6 Å². The molecule has 0 aliphatic carbocycles. The number of fused-ring (bicyclic) bond motifs is 1. The molecule has 4 aromatic rings. The Morgan fingerprint density at radius 3 is 2.59 bits per heavy atom. The topological polar surface area (TPSA) is 91.4 Å². The molecule has 1 amide bonds. The highest BCUT2D eigenvalue weighted by Gasteiger charge is 2.11. The summed E-state index contributed by atoms with van der Waals surface area (Å²) < 4.78 is 5.48. The first-order chi connectivity index (χ1) is 17.8. The fourth-order valence-corrected chi connectivity index (χ4v) is 4.06. The maximum atomic E-state index is 12.3. The average molecular weight is 517 g/mol. The van der Waals surface area contributed by atoms with E-state index in [4.69, 9.17) is 16.3 Å². The van der Waals surface area contributed by atoms with Crippen molar-refractivity contribution >= 4 is 57.1 Å². The number of carbonyl (C=O) groups is 1. The quantitative estimate of drug-likeness (QED) is 0.230. The monoisotopic (exact) mass is 516 g/mol. The van der Waals surface area contributed by atoms with Gasteiger partial charge in [-0.25, -0.2) is 4.98 Å². The first kappa shape index (κ1) is 25.9. The van der Waals surface area contributed by atoms with Gasteiger partial charge in [0.25, 0.3) is 0 Å². The van der Waals surface area contributed by atoms with Crippen molar-refractivity contribution < 1.29 is 9.53 Å². The van der Waals surface area contributed by atoms with Crippen LogP contribution in [0.15, 0.2) is 72.9 Å². The van der Waals surface area contributed by atoms with Crippen LogP contribution in [0.2, 0.25) is 5.02 Å². The molecule has 0 aliphatic rings. The van der Waals surface area contributed by atoms with Gasteiger partial charge in [0.15, 0.2) is 0 Å². The van der Waals surface area contributed by atoms with Gasteiger partial charge in [-0.05, 0) is 62.3 Å². The summed E-state index contributed by atoms with van der Waals surface area (Å²) in [6, 6.07) is 17.0. The minimum Gasteiger partial charge on any atom is -0.495 e. The number of likely N-dealkylation sites (N-methyl/N-ethyl adjacent to an activating group) is 1. The fraction of sp³-hybridized carbons (Fsp3) is 0.179. The lowest BCUT2D eigenvalue weighted by Gasteiger charge is -2.15. The summed E-state index contributed by atoms with van der Waals surface area (Å²) in [4.78, 5) is 23.2. The van der Waals surface area contributed by atoms with Crippen molar-refractivity contribution in [2.24, 2.45) is 0 Å². The molecule has 0 bridgehead atoms. The Kier molecular flexibility index (Phi) is 8.22. The zero-order chi connectivity index (χ0) is 26.4. The molecule has 3 aromatic carbocycles. The predicted molar refractivity (Wildman–Crippen MR) is 152 cm³/mol. The van der Waals surface area contributed by atoms with Crippen LogP contribution >= 0.6 is 11.6 Å². The van der Waals surface area contributed by atoms with Crippen LogP contribution in [0.3, 0.4) is 0 Å². The van der Waals surface area contributed by atoms with Gasteiger partial charge in [-0.2, -0.15) is 4.98 Å². The molecule has 0 unspecified atom stereocenters. The summed E-state index contributed by atoms with van der Waals surface area (Å²) in [5, 5.41) is 12.1. The van der Waals surface area contributed by atoms with E-state index in [9.17, 15) is 4.79 Å². The maximum Gasteiger partial charge on any atom is 0.248 e. The lowest BCUT2D eigenvalue weighted by atomic mass is 10.0. The predicted octanol–water partition coefficient (Wildman–Crippen LogP) is 6.14. The Balaban J connectivity index is 1.54. The van der Waals surface area contributed by atoms with Crippen molar-refractivity contribution in [1.29, 1.82) is 0 Å². The number of benzene rings is 3. The third-order valence-electron chi connectivity index (χ3n) is 5.64. The van der Waals surface area contributed by atoms with Gasteiger partial charge in [0.1, 0.15) is 11.6 Å². The minimum atomic E-state index is -0.218. The fourth-order valence-electron chi connectivity index (χ4n) is 3.79. The third-order valence-corrected chi connectivity index (χ3v) is 5.95. The molecule has 0 fully saturated rings. The van der Waals surface area contributed by atoms with Gasteiger partial charge < -0.3 is 25.6 Å². The standard InChI is InChI=1S/C28H29ClN6O2/c1-18-20-8-5-6-9-21(20)22(29)17-23(18)32-26-13-14-30-28(34-26)33-24-16-19(11-12-25(24)37-4)31-27(36)10-7-15-35(2)3/h5-14,16-17H,15H2,1-4H3,(H,31,36)(H2,30,32,33,34)/b10-7+. The number of aromatic nitrogens is 2. The Labute approximate surface area is 221 Å². The minimum absolute atomic E-state index is 0.218. The molecule has 1 aromatic heterocycles. The second kappa shape index (κ2) is 11.7. The Hall–Kier alpha value is -4.14. The van der Waals surface area contributed by atoms with Gasteiger partial charge in [-0.1, -0.05) is 41.9 Å². The van der Waals surface area contributed by atoms with Crippen LogP contribution in [0.4, 0.5) is 28.8 Å². The summed E-state index contributed by atoms with van der Waals surface area (Å²) in [6.07, 6.45) is 4.97. The molecule has 37 heavy (non-hydrogen) atoms. The van der Waals surface area contributed by atoms with E-state index in [2.05, 4.69) is 25.9 Å². The van der Waals surface area contributed by atoms with Crippen LogP contribution in [-0.2, 0) is 4.79 Å². The number of halogens is 1. The Morgan fingerprint density at radius 2 is 1.84 bits per heavy atom. The zero-order valence-electron chi connectivity index (χ0n) is 21.2. The van der Waals surface area contributed by atoms with Crippen molar-refractivity contribution in [2.45, 2.75) is 6.92 Å². The molecule has 0 atom stereocenters. The molecule has 3 N–H and O–H groups in total. The molecular weight excluding hydrogens is 488 g/mol. The smallest absolute Gasteiger partial charge is 0.248 e. The first-order valence-electron chi connectivity index (χ1n) is 11.7. The van der Waals surface area contributed by atoms with Crippen molar-refractivity contribution in [1.82, 2.24) is 14.9 Å². The van der Waals surface area contributed by atoms with Gasteiger partial charge in [-0.3, -0.25) is 4.79 Å². The SMILES string of the molecule is COc1ccc(NC(=O)/C=C/CN(C)C)cc1Nc1nccc(Nc2cc(Cl)c3ccccc3c2C)n1. The van der Waals surface area contributed by atoms with E-state index >= 15 is 0 Å². The lowest BCUT2D eigenvalue weighted by Crippen LogP contribution is -2.13. The summed E-state index contributed by atoms with van der Waals surface area (Å²) in [5.41, 5.74) is 3.15. The molecule has 8 nitrogen and oxygen atoms in total. The molecule has 1 heterocycles. The highest BCUT2D eigenvalue weighted by molar-refractivity contribution is 6.36. The van der Waals surface area contributed by atoms with Crippen molar-refractivity contribution in [3.05, 3.63) is 83.5 Å². The van der Waals surface area contributed by atoms with E-state index in [1.807, 2.05) is 56.3 Å². The highest BCUT2D eigenvalue weighted by atomic mass is 35.5. The number of aryl methyl sites for hydroxylation is 1. The zero-order valence-corrected chi connectivity index (χ0v) is 21.9. The number of nitrogens with zero attached hydrogens (tertiary/aromatic N) is 3. The highest BCUT2D eigenvalue weighted by Crippen LogP contribution is 2.34. The number of rotatable bonds is 9. The molecule has 0 saturated carbocycles. The molecule has 190 valence electrons. The molecule has 9 heteroatoms. The van der Waals surface area contributed by atoms with Crippen LogP contribution in [0.1, 0.15) is 5.56 Å². The average Bonchev–Trinajstić information content (AvgIpc) is 2.87. The van der Waals surface area contributed by atoms with Crippen LogP contribution in [-0.4, -0.2) is 48.5 Å². The normalized spacial score (nSPS) is 11.2. The van der Waals surface area contributed by atoms with E-state index in [0.29, 0.717) is 40.5 Å². The number of carbonyl (C=O) groups excluding carboxylic acids is 1. The summed E-state index contributed by atoms with van der Waals surface area (Å²) >= 11 is 6.53. The summed E-state index contributed by atoms with van der Waals surface area (Å²) in [7, 11) is 5.45. The number of hydrogen-bond donors (Lipinski definition) is 3. The molecule has 0 spiro atoms. The van der Waals surface area contributed by atoms with Crippen molar-refractivity contribution in [2.75, 3.05) is 43.7 Å². The third kappa shape index (κ3) is 6.55. The van der Waals surface area contributed by atoms with Crippen LogP contribution in [0.5, 0.6) is 5.75 Å². The summed E-state index contributed by atoms with van der Waals surface area (Å²) in [6.45, 7) is 2.72. The number of methoxy groups -OCH3 is 1. The summed E-state index contributed by atoms with van der Waals surface area (Å²) in [5.74, 6) is 1.33. The van der Waals surface area contributed by atoms with Crippen molar-refractivity contribution in [3.63, 3.8) is 0 Å². The van der Waals surface area contributed by atoms with E-state index in [1.54, 1.807) is 43.6 Å². The van der Waals surface area contributed by atoms with Crippen LogP contribution in [0, 0.1) is 6.92 Å². The number of hydrogen-bond acceptors (Lipinski definition) is 7. The van der Waals surface area contributed by atoms with Gasteiger partial charge in [0.05, 0.1) is 17.8 Å². The number of nitrogens with one attached hydrogen (secondary N) is 3. The molecule has 0 saturated heterocycles. The Morgan fingerprint density at radius 1 is 1.05 bits per heavy atom. The van der Waals surface area contributed by atoms with Crippen LogP contribution in [0.25, 0.3) is 10.8 Å². The van der Waals surface area contributed by atoms with Gasteiger partial charge >= 0.3 is 0 Å². The van der Waals surface area contributed by atoms with Gasteiger partial charge in [0.2, 0.25) is 11.9 Å². The van der Waals surface area contributed by atoms with E-state index in [1.165, 1.54) is 6.08 Å².